The Morgan fingerprint density at radius 3 is 2.69 bits per heavy atom. The molecule has 0 bridgehead atoms. The number of benzene rings is 1. The first kappa shape index (κ1) is 19.1. The van der Waals surface area contributed by atoms with E-state index in [2.05, 4.69) is 30.4 Å². The van der Waals surface area contributed by atoms with Crippen molar-refractivity contribution in [3.63, 3.8) is 0 Å². The van der Waals surface area contributed by atoms with Gasteiger partial charge in [0.2, 0.25) is 5.95 Å². The molecule has 2 aromatic heterocycles. The predicted octanol–water partition coefficient (Wildman–Crippen LogP) is 3.37. The van der Waals surface area contributed by atoms with Gasteiger partial charge in [0.05, 0.1) is 25.0 Å². The molecule has 9 heteroatoms. The van der Waals surface area contributed by atoms with Crippen molar-refractivity contribution in [2.24, 2.45) is 0 Å². The quantitative estimate of drug-likeness (QED) is 0.681. The molecular weight excluding hydrogens is 375 g/mol. The van der Waals surface area contributed by atoms with Crippen LogP contribution in [0.1, 0.15) is 13.8 Å². The second-order valence-electron chi connectivity index (χ2n) is 7.05. The maximum absolute atomic E-state index is 14.0. The summed E-state index contributed by atoms with van der Waals surface area (Å²) in [5.74, 6) is 1.62. The van der Waals surface area contributed by atoms with Crippen LogP contribution in [0.2, 0.25) is 0 Å². The van der Waals surface area contributed by atoms with E-state index in [0.717, 1.165) is 13.1 Å². The molecular formula is C20H23FN6O2. The van der Waals surface area contributed by atoms with Crippen LogP contribution in [0.15, 0.2) is 36.5 Å². The summed E-state index contributed by atoms with van der Waals surface area (Å²) in [6.45, 7) is 5.56. The standard InChI is InChI=1S/C20H23FN6O2/c1-12-10-27(11-13(2)29-12)20-22-7-6-18(24-20)23-19-9-16(25-26-19)14-4-5-17(28-3)15(21)8-14/h4-9,12-13H,10-11H2,1-3H3,(H2,22,23,24,25,26)/t12-,13-/m1/s1. The molecule has 1 aromatic carbocycles. The van der Waals surface area contributed by atoms with Gasteiger partial charge in [0.15, 0.2) is 17.4 Å². The fraction of sp³-hybridized carbons (Fsp3) is 0.350. The van der Waals surface area contributed by atoms with Gasteiger partial charge in [-0.1, -0.05) is 0 Å². The Balaban J connectivity index is 1.50. The Labute approximate surface area is 168 Å². The molecule has 4 rings (SSSR count). The average molecular weight is 398 g/mol. The van der Waals surface area contributed by atoms with E-state index in [4.69, 9.17) is 9.47 Å². The van der Waals surface area contributed by atoms with Crippen molar-refractivity contribution in [2.45, 2.75) is 26.1 Å². The molecule has 1 fully saturated rings. The number of hydrogen-bond donors (Lipinski definition) is 2. The number of halogens is 1. The SMILES string of the molecule is COc1ccc(-c2cc(Nc3ccnc(N4C[C@@H](C)O[C@H](C)C4)n3)n[nH]2)cc1F. The lowest BCUT2D eigenvalue weighted by atomic mass is 10.1. The van der Waals surface area contributed by atoms with Gasteiger partial charge in [0.1, 0.15) is 5.82 Å². The van der Waals surface area contributed by atoms with Crippen molar-refractivity contribution in [1.29, 1.82) is 0 Å². The molecule has 152 valence electrons. The summed E-state index contributed by atoms with van der Waals surface area (Å²) in [4.78, 5) is 11.1. The summed E-state index contributed by atoms with van der Waals surface area (Å²) in [5, 5.41) is 10.3. The topological polar surface area (TPSA) is 88.2 Å². The summed E-state index contributed by atoms with van der Waals surface area (Å²) in [7, 11) is 1.44. The zero-order chi connectivity index (χ0) is 20.4. The maximum atomic E-state index is 14.0. The van der Waals surface area contributed by atoms with Crippen LogP contribution in [-0.2, 0) is 4.74 Å². The van der Waals surface area contributed by atoms with Gasteiger partial charge in [-0.05, 0) is 38.1 Å². The number of ether oxygens (including phenoxy) is 2. The number of H-pyrrole nitrogens is 1. The van der Waals surface area contributed by atoms with Crippen molar-refractivity contribution >= 4 is 17.6 Å². The summed E-state index contributed by atoms with van der Waals surface area (Å²) in [5.41, 5.74) is 1.35. The van der Waals surface area contributed by atoms with E-state index in [-0.39, 0.29) is 18.0 Å². The summed E-state index contributed by atoms with van der Waals surface area (Å²) >= 11 is 0. The van der Waals surface area contributed by atoms with Gasteiger partial charge in [-0.2, -0.15) is 10.1 Å². The molecule has 0 aliphatic carbocycles. The highest BCUT2D eigenvalue weighted by Gasteiger charge is 2.24. The summed E-state index contributed by atoms with van der Waals surface area (Å²) < 4.78 is 24.7. The molecule has 0 saturated carbocycles. The van der Waals surface area contributed by atoms with Gasteiger partial charge in [0, 0.05) is 30.9 Å². The van der Waals surface area contributed by atoms with E-state index in [1.165, 1.54) is 13.2 Å². The molecule has 3 heterocycles. The molecule has 0 amide bonds. The third-order valence-electron chi connectivity index (χ3n) is 4.64. The molecule has 1 aliphatic heterocycles. The van der Waals surface area contributed by atoms with Crippen LogP contribution in [0.4, 0.5) is 22.0 Å². The monoisotopic (exact) mass is 398 g/mol. The van der Waals surface area contributed by atoms with E-state index in [1.54, 1.807) is 30.5 Å². The highest BCUT2D eigenvalue weighted by atomic mass is 19.1. The minimum atomic E-state index is -0.427. The third kappa shape index (κ3) is 4.29. The Morgan fingerprint density at radius 1 is 1.17 bits per heavy atom. The number of rotatable bonds is 5. The van der Waals surface area contributed by atoms with Gasteiger partial charge < -0.3 is 19.7 Å². The molecule has 29 heavy (non-hydrogen) atoms. The Hall–Kier alpha value is -3.20. The first-order chi connectivity index (χ1) is 14.0. The molecule has 0 radical (unpaired) electrons. The average Bonchev–Trinajstić information content (AvgIpc) is 3.16. The molecule has 3 aromatic rings. The van der Waals surface area contributed by atoms with E-state index < -0.39 is 5.82 Å². The number of nitrogens with one attached hydrogen (secondary N) is 2. The molecule has 0 spiro atoms. The summed E-state index contributed by atoms with van der Waals surface area (Å²) in [6.07, 6.45) is 1.96. The lowest BCUT2D eigenvalue weighted by Gasteiger charge is -2.35. The van der Waals surface area contributed by atoms with Crippen LogP contribution < -0.4 is 15.0 Å². The van der Waals surface area contributed by atoms with Gasteiger partial charge in [0.25, 0.3) is 0 Å². The van der Waals surface area contributed by atoms with Crippen molar-refractivity contribution < 1.29 is 13.9 Å². The zero-order valence-electron chi connectivity index (χ0n) is 16.5. The van der Waals surface area contributed by atoms with Crippen LogP contribution >= 0.6 is 0 Å². The molecule has 2 atom stereocenters. The highest BCUT2D eigenvalue weighted by Crippen LogP contribution is 2.26. The van der Waals surface area contributed by atoms with Crippen LogP contribution in [0, 0.1) is 5.82 Å². The van der Waals surface area contributed by atoms with Crippen molar-refractivity contribution in [3.05, 3.63) is 42.3 Å². The molecule has 1 saturated heterocycles. The van der Waals surface area contributed by atoms with E-state index in [9.17, 15) is 4.39 Å². The first-order valence-electron chi connectivity index (χ1n) is 9.41. The molecule has 1 aliphatic rings. The van der Waals surface area contributed by atoms with Crippen LogP contribution in [0.25, 0.3) is 11.3 Å². The van der Waals surface area contributed by atoms with Crippen LogP contribution in [0.5, 0.6) is 5.75 Å². The minimum Gasteiger partial charge on any atom is -0.494 e. The number of aromatic nitrogens is 4. The fourth-order valence-electron chi connectivity index (χ4n) is 3.41. The predicted molar refractivity (Wildman–Crippen MR) is 108 cm³/mol. The van der Waals surface area contributed by atoms with E-state index >= 15 is 0 Å². The highest BCUT2D eigenvalue weighted by molar-refractivity contribution is 5.66. The number of aromatic amines is 1. The maximum Gasteiger partial charge on any atom is 0.227 e. The first-order valence-corrected chi connectivity index (χ1v) is 9.41. The lowest BCUT2D eigenvalue weighted by molar-refractivity contribution is -0.00571. The normalized spacial score (nSPS) is 19.2. The number of anilines is 3. The Kier molecular flexibility index (Phi) is 5.30. The Bertz CT molecular complexity index is 985. The molecule has 0 unspecified atom stereocenters. The van der Waals surface area contributed by atoms with Gasteiger partial charge in [-0.3, -0.25) is 5.10 Å². The number of nitrogens with zero attached hydrogens (tertiary/aromatic N) is 4. The van der Waals surface area contributed by atoms with Crippen LogP contribution in [0.3, 0.4) is 0 Å². The number of hydrogen-bond acceptors (Lipinski definition) is 7. The van der Waals surface area contributed by atoms with Crippen molar-refractivity contribution in [2.75, 3.05) is 30.4 Å². The van der Waals surface area contributed by atoms with Gasteiger partial charge in [-0.15, -0.1) is 0 Å². The number of morpholine rings is 1. The molecule has 2 N–H and O–H groups in total. The van der Waals surface area contributed by atoms with Gasteiger partial charge in [-0.25, -0.2) is 9.37 Å². The van der Waals surface area contributed by atoms with Gasteiger partial charge >= 0.3 is 0 Å². The molecule has 8 nitrogen and oxygen atoms in total. The van der Waals surface area contributed by atoms with E-state index in [1.807, 2.05) is 13.8 Å². The van der Waals surface area contributed by atoms with Crippen molar-refractivity contribution in [1.82, 2.24) is 20.2 Å². The second kappa shape index (κ2) is 8.04. The zero-order valence-corrected chi connectivity index (χ0v) is 16.5. The van der Waals surface area contributed by atoms with Crippen molar-refractivity contribution in [3.8, 4) is 17.0 Å². The minimum absolute atomic E-state index is 0.123. The third-order valence-corrected chi connectivity index (χ3v) is 4.64. The lowest BCUT2D eigenvalue weighted by Crippen LogP contribution is -2.46. The fourth-order valence-corrected chi connectivity index (χ4v) is 3.41. The summed E-state index contributed by atoms with van der Waals surface area (Å²) in [6, 6.07) is 8.32. The largest absolute Gasteiger partial charge is 0.494 e. The Morgan fingerprint density at radius 2 is 1.97 bits per heavy atom. The smallest absolute Gasteiger partial charge is 0.227 e. The van der Waals surface area contributed by atoms with Crippen LogP contribution in [-0.4, -0.2) is 52.6 Å². The second-order valence-corrected chi connectivity index (χ2v) is 7.05. The van der Waals surface area contributed by atoms with E-state index in [0.29, 0.717) is 28.8 Å². The number of methoxy groups -OCH3 is 1.